The van der Waals surface area contributed by atoms with Gasteiger partial charge in [-0.25, -0.2) is 4.98 Å². The molecule has 38 heavy (non-hydrogen) atoms. The summed E-state index contributed by atoms with van der Waals surface area (Å²) in [7, 11) is -3.73. The number of aliphatic hydroxyl groups excluding tert-OH is 1. The molecule has 1 fully saturated rings. The van der Waals surface area contributed by atoms with Crippen LogP contribution in [0.1, 0.15) is 91.8 Å². The Balaban J connectivity index is 2.02. The van der Waals surface area contributed by atoms with Gasteiger partial charge in [0.25, 0.3) is 0 Å². The van der Waals surface area contributed by atoms with Gasteiger partial charge in [-0.3, -0.25) is 0 Å². The summed E-state index contributed by atoms with van der Waals surface area (Å²) in [6, 6.07) is 0. The smallest absolute Gasteiger partial charge is 0.192 e. The summed E-state index contributed by atoms with van der Waals surface area (Å²) in [5.41, 5.74) is 1.73. The topological polar surface area (TPSA) is 64.1 Å². The van der Waals surface area contributed by atoms with E-state index in [0.29, 0.717) is 5.92 Å². The summed E-state index contributed by atoms with van der Waals surface area (Å²) in [6.07, 6.45) is 5.88. The van der Waals surface area contributed by atoms with Crippen molar-refractivity contribution >= 4 is 34.0 Å². The molecule has 0 aliphatic carbocycles. The zero-order valence-corrected chi connectivity index (χ0v) is 29.5. The number of hydrogen-bond acceptors (Lipinski definition) is 6. The lowest BCUT2D eigenvalue weighted by atomic mass is 9.92. The van der Waals surface area contributed by atoms with Crippen LogP contribution in [0.4, 0.5) is 0 Å². The van der Waals surface area contributed by atoms with Crippen LogP contribution in [0, 0.1) is 12.8 Å². The van der Waals surface area contributed by atoms with Crippen molar-refractivity contribution in [3.63, 3.8) is 0 Å². The minimum atomic E-state index is -2.00. The molecule has 1 aromatic rings. The predicted octanol–water partition coefficient (Wildman–Crippen LogP) is 8.59. The summed E-state index contributed by atoms with van der Waals surface area (Å²) in [4.78, 5) is 4.64. The summed E-state index contributed by atoms with van der Waals surface area (Å²) in [6.45, 7) is 30.3. The second kappa shape index (κ2) is 12.7. The molecule has 8 heteroatoms. The maximum atomic E-state index is 10.3. The number of aliphatic hydroxyl groups is 1. The normalized spacial score (nSPS) is 23.0. The summed E-state index contributed by atoms with van der Waals surface area (Å²) in [5, 5.41) is 13.9. The highest BCUT2D eigenvalue weighted by molar-refractivity contribution is 7.09. The van der Waals surface area contributed by atoms with E-state index in [0.717, 1.165) is 43.0 Å². The lowest BCUT2D eigenvalue weighted by molar-refractivity contribution is 0.156. The van der Waals surface area contributed by atoms with Crippen molar-refractivity contribution in [2.75, 3.05) is 13.2 Å². The zero-order chi connectivity index (χ0) is 29.2. The van der Waals surface area contributed by atoms with Crippen molar-refractivity contribution in [3.8, 4) is 0 Å². The number of rotatable bonds is 14. The average molecular weight is 584 g/mol. The lowest BCUT2D eigenvalue weighted by Gasteiger charge is -2.39. The third-order valence-corrected chi connectivity index (χ3v) is 19.0. The van der Waals surface area contributed by atoms with Crippen LogP contribution in [-0.2, 0) is 13.6 Å². The fraction of sp³-hybridized carbons (Fsp3) is 0.833. The first-order chi connectivity index (χ1) is 17.2. The molecule has 4 atom stereocenters. The molecule has 2 heterocycles. The molecule has 0 spiro atoms. The molecule has 0 aromatic carbocycles. The fourth-order valence-electron chi connectivity index (χ4n) is 4.18. The molecule has 1 saturated heterocycles. The van der Waals surface area contributed by atoms with E-state index in [1.54, 1.807) is 11.3 Å². The summed E-state index contributed by atoms with van der Waals surface area (Å²) < 4.78 is 19.6. The zero-order valence-electron chi connectivity index (χ0n) is 26.7. The molecular formula is C30H57NO4SSi2. The van der Waals surface area contributed by atoms with E-state index in [4.69, 9.17) is 13.6 Å². The SMILES string of the molecule is CC(=Cc1csc(C)n1)[C@H](C[C@@H]1O[C@]1(CO)CCC[C@H](C)CO[Si](C)(C)C(C)(C)C)O[Si](C)(C)C(C)(C)C. The van der Waals surface area contributed by atoms with Crippen LogP contribution in [0.25, 0.3) is 6.08 Å². The monoisotopic (exact) mass is 583 g/mol. The molecule has 1 aliphatic rings. The number of thiazole rings is 1. The Morgan fingerprint density at radius 1 is 1.16 bits per heavy atom. The van der Waals surface area contributed by atoms with Gasteiger partial charge in [0, 0.05) is 18.4 Å². The van der Waals surface area contributed by atoms with E-state index >= 15 is 0 Å². The van der Waals surface area contributed by atoms with Gasteiger partial charge in [0.05, 0.1) is 29.5 Å². The van der Waals surface area contributed by atoms with Crippen LogP contribution in [0.2, 0.25) is 36.3 Å². The van der Waals surface area contributed by atoms with Crippen molar-refractivity contribution < 1.29 is 18.7 Å². The fourth-order valence-corrected chi connectivity index (χ4v) is 7.23. The molecule has 0 bridgehead atoms. The third-order valence-electron chi connectivity index (χ3n) is 9.20. The van der Waals surface area contributed by atoms with Crippen LogP contribution in [0.5, 0.6) is 0 Å². The number of aryl methyl sites for hydroxylation is 1. The molecule has 5 nitrogen and oxygen atoms in total. The number of aromatic nitrogens is 1. The Labute approximate surface area is 240 Å². The maximum Gasteiger partial charge on any atom is 0.192 e. The first-order valence-electron chi connectivity index (χ1n) is 14.4. The summed E-state index contributed by atoms with van der Waals surface area (Å²) >= 11 is 1.67. The Morgan fingerprint density at radius 3 is 2.26 bits per heavy atom. The van der Waals surface area contributed by atoms with Crippen LogP contribution in [0.15, 0.2) is 11.0 Å². The Bertz CT molecular complexity index is 931. The van der Waals surface area contributed by atoms with Gasteiger partial charge in [-0.1, -0.05) is 54.9 Å². The second-order valence-electron chi connectivity index (χ2n) is 14.7. The average Bonchev–Trinajstić information content (AvgIpc) is 3.30. The molecular weight excluding hydrogens is 527 g/mol. The van der Waals surface area contributed by atoms with E-state index in [-0.39, 0.29) is 28.9 Å². The molecule has 2 rings (SSSR count). The van der Waals surface area contributed by atoms with Gasteiger partial charge in [-0.15, -0.1) is 11.3 Å². The largest absolute Gasteiger partial charge is 0.417 e. The van der Waals surface area contributed by atoms with E-state index in [1.165, 1.54) is 5.57 Å². The van der Waals surface area contributed by atoms with E-state index in [9.17, 15) is 5.11 Å². The standard InChI is InChI=1S/C30H57NO4SSi2/c1-22(19-33-37(10,11)28(4,5)6)15-14-16-30(21-32)27(34-30)18-26(35-38(12,13)29(7,8)9)23(2)17-25-20-36-24(3)31-25/h17,20,22,26-27,32H,14-16,18-19,21H2,1-13H3/t22-,26-,27-,30-/m0/s1. The molecule has 0 saturated carbocycles. The van der Waals surface area contributed by atoms with Crippen LogP contribution < -0.4 is 0 Å². The highest BCUT2D eigenvalue weighted by Gasteiger charge is 2.56. The van der Waals surface area contributed by atoms with Crippen LogP contribution >= 0.6 is 11.3 Å². The van der Waals surface area contributed by atoms with Gasteiger partial charge in [0.1, 0.15) is 5.60 Å². The number of epoxide rings is 1. The molecule has 1 aromatic heterocycles. The lowest BCUT2D eigenvalue weighted by Crippen LogP contribution is -2.44. The van der Waals surface area contributed by atoms with Crippen molar-refractivity contribution in [2.24, 2.45) is 5.92 Å². The van der Waals surface area contributed by atoms with Gasteiger partial charge in [0.2, 0.25) is 0 Å². The van der Waals surface area contributed by atoms with Crippen molar-refractivity contribution in [1.82, 2.24) is 4.98 Å². The van der Waals surface area contributed by atoms with Crippen molar-refractivity contribution in [2.45, 2.75) is 142 Å². The Hall–Kier alpha value is -0.356. The number of hydrogen-bond donors (Lipinski definition) is 1. The first kappa shape index (κ1) is 33.8. The molecule has 0 amide bonds. The van der Waals surface area contributed by atoms with Gasteiger partial charge < -0.3 is 18.7 Å². The third kappa shape index (κ3) is 9.08. The first-order valence-corrected chi connectivity index (χ1v) is 21.1. The second-order valence-corrected chi connectivity index (χ2v) is 25.3. The molecule has 0 unspecified atom stereocenters. The number of ether oxygens (including phenoxy) is 1. The number of nitrogens with zero attached hydrogens (tertiary/aromatic N) is 1. The van der Waals surface area contributed by atoms with E-state index < -0.39 is 22.2 Å². The molecule has 220 valence electrons. The minimum Gasteiger partial charge on any atom is -0.417 e. The van der Waals surface area contributed by atoms with Gasteiger partial charge in [-0.05, 0) is 80.5 Å². The minimum absolute atomic E-state index is 0.0153. The molecule has 1 aliphatic heterocycles. The quantitative estimate of drug-likeness (QED) is 0.175. The van der Waals surface area contributed by atoms with Crippen LogP contribution in [0.3, 0.4) is 0 Å². The highest BCUT2D eigenvalue weighted by atomic mass is 32.1. The van der Waals surface area contributed by atoms with E-state index in [2.05, 4.69) is 98.0 Å². The van der Waals surface area contributed by atoms with Gasteiger partial charge >= 0.3 is 0 Å². The van der Waals surface area contributed by atoms with Crippen LogP contribution in [-0.4, -0.2) is 57.7 Å². The highest BCUT2D eigenvalue weighted by Crippen LogP contribution is 2.46. The summed E-state index contributed by atoms with van der Waals surface area (Å²) in [5.74, 6) is 0.499. The maximum absolute atomic E-state index is 10.3. The molecule has 1 N–H and O–H groups in total. The Morgan fingerprint density at radius 2 is 1.76 bits per heavy atom. The van der Waals surface area contributed by atoms with Gasteiger partial charge in [-0.2, -0.15) is 0 Å². The predicted molar refractivity (Wildman–Crippen MR) is 168 cm³/mol. The Kier molecular flexibility index (Phi) is 11.3. The van der Waals surface area contributed by atoms with Crippen molar-refractivity contribution in [3.05, 3.63) is 21.7 Å². The van der Waals surface area contributed by atoms with E-state index in [1.807, 2.05) is 6.92 Å². The van der Waals surface area contributed by atoms with Crippen molar-refractivity contribution in [1.29, 1.82) is 0 Å². The van der Waals surface area contributed by atoms with Gasteiger partial charge in [0.15, 0.2) is 16.6 Å². The molecule has 0 radical (unpaired) electrons.